The topological polar surface area (TPSA) is 69.8 Å². The second kappa shape index (κ2) is 3.87. The number of fused-ring (bicyclic) bond motifs is 1. The Balaban J connectivity index is 2.20. The van der Waals surface area contributed by atoms with Gasteiger partial charge in [-0.2, -0.15) is 0 Å². The third-order valence-electron chi connectivity index (χ3n) is 3.19. The molecular weight excluding hydrogens is 228 g/mol. The number of carbonyl (C=O) groups excluding carboxylic acids is 1. The van der Waals surface area contributed by atoms with Crippen LogP contribution in [-0.4, -0.2) is 29.5 Å². The Morgan fingerprint density at radius 2 is 2.22 bits per heavy atom. The van der Waals surface area contributed by atoms with Crippen LogP contribution in [0.1, 0.15) is 12.7 Å². The van der Waals surface area contributed by atoms with Crippen LogP contribution in [0, 0.1) is 0 Å². The SMILES string of the molecule is CNc1cccc2[nH]c(C3=C(C)CNC3=O)nc12. The number of benzene rings is 1. The van der Waals surface area contributed by atoms with Crippen LogP contribution in [0.5, 0.6) is 0 Å². The van der Waals surface area contributed by atoms with Gasteiger partial charge in [0, 0.05) is 13.6 Å². The highest BCUT2D eigenvalue weighted by Gasteiger charge is 2.24. The summed E-state index contributed by atoms with van der Waals surface area (Å²) >= 11 is 0. The fraction of sp³-hybridized carbons (Fsp3) is 0.231. The number of aromatic nitrogens is 2. The summed E-state index contributed by atoms with van der Waals surface area (Å²) in [4.78, 5) is 19.5. The highest BCUT2D eigenvalue weighted by molar-refractivity contribution is 6.22. The predicted octanol–water partition coefficient (Wildman–Crippen LogP) is 1.51. The van der Waals surface area contributed by atoms with Crippen LogP contribution in [-0.2, 0) is 4.79 Å². The van der Waals surface area contributed by atoms with Crippen LogP contribution in [0.25, 0.3) is 16.6 Å². The van der Waals surface area contributed by atoms with Gasteiger partial charge < -0.3 is 15.6 Å². The van der Waals surface area contributed by atoms with Gasteiger partial charge >= 0.3 is 0 Å². The third-order valence-corrected chi connectivity index (χ3v) is 3.19. The molecule has 1 aromatic carbocycles. The number of hydrogen-bond donors (Lipinski definition) is 3. The van der Waals surface area contributed by atoms with Gasteiger partial charge in [-0.05, 0) is 24.6 Å². The maximum atomic E-state index is 11.8. The summed E-state index contributed by atoms with van der Waals surface area (Å²) < 4.78 is 0. The van der Waals surface area contributed by atoms with Crippen molar-refractivity contribution in [2.24, 2.45) is 0 Å². The lowest BCUT2D eigenvalue weighted by molar-refractivity contribution is -0.114. The van der Waals surface area contributed by atoms with Gasteiger partial charge in [-0.1, -0.05) is 6.07 Å². The van der Waals surface area contributed by atoms with Crippen molar-refractivity contribution in [3.8, 4) is 0 Å². The molecule has 0 spiro atoms. The number of carbonyl (C=O) groups is 1. The van der Waals surface area contributed by atoms with Gasteiger partial charge in [0.1, 0.15) is 11.3 Å². The molecule has 0 aliphatic carbocycles. The molecule has 5 nitrogen and oxygen atoms in total. The second-order valence-electron chi connectivity index (χ2n) is 4.38. The highest BCUT2D eigenvalue weighted by atomic mass is 16.1. The first-order valence-corrected chi connectivity index (χ1v) is 5.85. The lowest BCUT2D eigenvalue weighted by Crippen LogP contribution is -2.17. The van der Waals surface area contributed by atoms with Crippen LogP contribution >= 0.6 is 0 Å². The number of rotatable bonds is 2. The molecule has 2 heterocycles. The van der Waals surface area contributed by atoms with E-state index in [1.165, 1.54) is 0 Å². The zero-order valence-corrected chi connectivity index (χ0v) is 10.3. The van der Waals surface area contributed by atoms with E-state index in [1.54, 1.807) is 0 Å². The molecule has 92 valence electrons. The molecule has 0 bridgehead atoms. The molecule has 1 aliphatic rings. The minimum absolute atomic E-state index is 0.0578. The number of aromatic amines is 1. The molecule has 1 amide bonds. The molecule has 0 radical (unpaired) electrons. The van der Waals surface area contributed by atoms with Crippen LogP contribution in [0.4, 0.5) is 5.69 Å². The van der Waals surface area contributed by atoms with E-state index in [2.05, 4.69) is 20.6 Å². The standard InChI is InChI=1S/C13H14N4O/c1-7-6-15-13(18)10(7)12-16-9-5-3-4-8(14-2)11(9)17-12/h3-5,14H,6H2,1-2H3,(H,15,18)(H,16,17). The minimum Gasteiger partial charge on any atom is -0.386 e. The third kappa shape index (κ3) is 1.48. The smallest absolute Gasteiger partial charge is 0.255 e. The zero-order chi connectivity index (χ0) is 12.7. The van der Waals surface area contributed by atoms with Crippen molar-refractivity contribution in [1.29, 1.82) is 0 Å². The van der Waals surface area contributed by atoms with E-state index in [0.29, 0.717) is 17.9 Å². The van der Waals surface area contributed by atoms with Crippen LogP contribution in [0.15, 0.2) is 23.8 Å². The molecule has 3 N–H and O–H groups in total. The first-order valence-electron chi connectivity index (χ1n) is 5.85. The molecule has 18 heavy (non-hydrogen) atoms. The van der Waals surface area contributed by atoms with Crippen LogP contribution in [0.2, 0.25) is 0 Å². The Morgan fingerprint density at radius 1 is 1.39 bits per heavy atom. The van der Waals surface area contributed by atoms with Crippen molar-refractivity contribution in [3.63, 3.8) is 0 Å². The highest BCUT2D eigenvalue weighted by Crippen LogP contribution is 2.26. The predicted molar refractivity (Wildman–Crippen MR) is 71.2 cm³/mol. The van der Waals surface area contributed by atoms with Crippen molar-refractivity contribution >= 4 is 28.2 Å². The number of amides is 1. The number of imidazole rings is 1. The monoisotopic (exact) mass is 242 g/mol. The Labute approximate surface area is 104 Å². The number of nitrogens with one attached hydrogen (secondary N) is 3. The molecule has 0 saturated heterocycles. The summed E-state index contributed by atoms with van der Waals surface area (Å²) in [6, 6.07) is 5.87. The van der Waals surface area contributed by atoms with Gasteiger partial charge in [-0.15, -0.1) is 0 Å². The van der Waals surface area contributed by atoms with E-state index in [9.17, 15) is 4.79 Å². The van der Waals surface area contributed by atoms with Crippen LogP contribution in [0.3, 0.4) is 0 Å². The van der Waals surface area contributed by atoms with Crippen molar-refractivity contribution in [3.05, 3.63) is 29.6 Å². The average molecular weight is 242 g/mol. The van der Waals surface area contributed by atoms with Crippen LogP contribution < -0.4 is 10.6 Å². The van der Waals surface area contributed by atoms with Gasteiger partial charge in [0.05, 0.1) is 16.8 Å². The number of nitrogens with zero attached hydrogens (tertiary/aromatic N) is 1. The first kappa shape index (κ1) is 10.8. The van der Waals surface area contributed by atoms with E-state index in [4.69, 9.17) is 0 Å². The quantitative estimate of drug-likeness (QED) is 0.747. The van der Waals surface area contributed by atoms with E-state index < -0.39 is 0 Å². The van der Waals surface area contributed by atoms with Gasteiger partial charge in [0.25, 0.3) is 5.91 Å². The summed E-state index contributed by atoms with van der Waals surface area (Å²) in [7, 11) is 1.86. The molecule has 3 rings (SSSR count). The number of anilines is 1. The number of hydrogen-bond acceptors (Lipinski definition) is 3. The van der Waals surface area contributed by atoms with E-state index >= 15 is 0 Å². The van der Waals surface area contributed by atoms with Crippen molar-refractivity contribution in [1.82, 2.24) is 15.3 Å². The minimum atomic E-state index is -0.0578. The molecule has 5 heteroatoms. The maximum absolute atomic E-state index is 11.8. The van der Waals surface area contributed by atoms with Crippen molar-refractivity contribution in [2.45, 2.75) is 6.92 Å². The normalized spacial score (nSPS) is 15.3. The van der Waals surface area contributed by atoms with E-state index in [-0.39, 0.29) is 5.91 Å². The largest absolute Gasteiger partial charge is 0.386 e. The van der Waals surface area contributed by atoms with Gasteiger partial charge in [0.2, 0.25) is 0 Å². The maximum Gasteiger partial charge on any atom is 0.255 e. The molecule has 0 atom stereocenters. The van der Waals surface area contributed by atoms with Gasteiger partial charge in [0.15, 0.2) is 0 Å². The van der Waals surface area contributed by atoms with Crippen molar-refractivity contribution < 1.29 is 4.79 Å². The molecule has 0 fully saturated rings. The molecule has 1 aliphatic heterocycles. The fourth-order valence-electron chi connectivity index (χ4n) is 2.25. The Hall–Kier alpha value is -2.30. The molecule has 0 unspecified atom stereocenters. The Morgan fingerprint density at radius 3 is 2.89 bits per heavy atom. The first-order chi connectivity index (χ1) is 8.70. The molecular formula is C13H14N4O. The summed E-state index contributed by atoms with van der Waals surface area (Å²) in [6.45, 7) is 2.55. The van der Waals surface area contributed by atoms with E-state index in [1.807, 2.05) is 32.2 Å². The van der Waals surface area contributed by atoms with Gasteiger partial charge in [-0.25, -0.2) is 4.98 Å². The van der Waals surface area contributed by atoms with E-state index in [0.717, 1.165) is 22.3 Å². The summed E-state index contributed by atoms with van der Waals surface area (Å²) in [6.07, 6.45) is 0. The number of H-pyrrole nitrogens is 1. The summed E-state index contributed by atoms with van der Waals surface area (Å²) in [5.74, 6) is 0.581. The van der Waals surface area contributed by atoms with Crippen molar-refractivity contribution in [2.75, 3.05) is 18.9 Å². The Kier molecular flexibility index (Phi) is 2.33. The lowest BCUT2D eigenvalue weighted by atomic mass is 10.1. The average Bonchev–Trinajstić information content (AvgIpc) is 2.92. The second-order valence-corrected chi connectivity index (χ2v) is 4.38. The summed E-state index contributed by atoms with van der Waals surface area (Å²) in [5, 5.41) is 5.90. The zero-order valence-electron chi connectivity index (χ0n) is 10.3. The van der Waals surface area contributed by atoms with Gasteiger partial charge in [-0.3, -0.25) is 4.79 Å². The number of para-hydroxylation sites is 1. The Bertz CT molecular complexity index is 669. The lowest BCUT2D eigenvalue weighted by Gasteiger charge is -1.98. The fourth-order valence-corrected chi connectivity index (χ4v) is 2.25. The molecule has 0 saturated carbocycles. The summed E-state index contributed by atoms with van der Waals surface area (Å²) in [5.41, 5.74) is 4.41. The molecule has 2 aromatic rings. The molecule has 1 aromatic heterocycles.